The van der Waals surface area contributed by atoms with Crippen molar-refractivity contribution < 1.29 is 9.47 Å². The first-order valence-electron chi connectivity index (χ1n) is 7.83. The van der Waals surface area contributed by atoms with Gasteiger partial charge in [0.2, 0.25) is 0 Å². The first-order valence-corrected chi connectivity index (χ1v) is 7.83. The Morgan fingerprint density at radius 3 is 3.00 bits per heavy atom. The molecule has 0 unspecified atom stereocenters. The number of ether oxygens (including phenoxy) is 2. The molecule has 2 aliphatic rings. The van der Waals surface area contributed by atoms with Crippen LogP contribution in [0.1, 0.15) is 44.6 Å². The largest absolute Gasteiger partial charge is 0.347 e. The fourth-order valence-electron chi connectivity index (χ4n) is 3.12. The lowest BCUT2D eigenvalue weighted by Gasteiger charge is -2.31. The van der Waals surface area contributed by atoms with E-state index in [0.29, 0.717) is 0 Å². The van der Waals surface area contributed by atoms with Gasteiger partial charge < -0.3 is 14.8 Å². The maximum atomic E-state index is 6.15. The van der Waals surface area contributed by atoms with E-state index in [9.17, 15) is 0 Å². The minimum absolute atomic E-state index is 0.189. The molecule has 1 saturated carbocycles. The van der Waals surface area contributed by atoms with Crippen molar-refractivity contribution in [3.8, 4) is 0 Å². The number of rotatable bonds is 5. The highest BCUT2D eigenvalue weighted by molar-refractivity contribution is 5.03. The molecule has 20 heavy (non-hydrogen) atoms. The monoisotopic (exact) mass is 279 g/mol. The van der Waals surface area contributed by atoms with Gasteiger partial charge in [0.25, 0.3) is 0 Å². The third-order valence-corrected chi connectivity index (χ3v) is 4.24. The second kappa shape index (κ2) is 6.24. The summed E-state index contributed by atoms with van der Waals surface area (Å²) < 4.78 is 14.0. The minimum Gasteiger partial charge on any atom is -0.347 e. The van der Waals surface area contributed by atoms with Crippen LogP contribution in [0.5, 0.6) is 0 Å². The van der Waals surface area contributed by atoms with Crippen LogP contribution >= 0.6 is 0 Å². The summed E-state index contributed by atoms with van der Waals surface area (Å²) in [6.07, 6.45) is 10.1. The lowest BCUT2D eigenvalue weighted by Crippen LogP contribution is -2.35. The third kappa shape index (κ3) is 3.22. The summed E-state index contributed by atoms with van der Waals surface area (Å²) in [5.41, 5.74) is 1.22. The topological polar surface area (TPSA) is 48.3 Å². The molecule has 1 aromatic rings. The van der Waals surface area contributed by atoms with E-state index in [1.54, 1.807) is 0 Å². The molecule has 1 aliphatic heterocycles. The Morgan fingerprint density at radius 1 is 1.40 bits per heavy atom. The van der Waals surface area contributed by atoms with E-state index in [-0.39, 0.29) is 11.9 Å². The van der Waals surface area contributed by atoms with Crippen molar-refractivity contribution in [3.05, 3.63) is 18.0 Å². The van der Waals surface area contributed by atoms with Crippen LogP contribution in [0.2, 0.25) is 0 Å². The van der Waals surface area contributed by atoms with Gasteiger partial charge in [0, 0.05) is 44.2 Å². The second-order valence-corrected chi connectivity index (χ2v) is 5.86. The molecule has 112 valence electrons. The molecule has 0 amide bonds. The van der Waals surface area contributed by atoms with Gasteiger partial charge in [-0.3, -0.25) is 4.68 Å². The van der Waals surface area contributed by atoms with Gasteiger partial charge in [-0.15, -0.1) is 0 Å². The molecule has 1 atom stereocenters. The zero-order valence-electron chi connectivity index (χ0n) is 12.3. The van der Waals surface area contributed by atoms with Gasteiger partial charge in [-0.2, -0.15) is 5.10 Å². The predicted octanol–water partition coefficient (Wildman–Crippen LogP) is 2.07. The molecular formula is C15H25N3O2. The van der Waals surface area contributed by atoms with Gasteiger partial charge in [0.05, 0.1) is 18.9 Å². The van der Waals surface area contributed by atoms with Crippen molar-refractivity contribution in [1.82, 2.24) is 15.1 Å². The standard InChI is InChI=1S/C15H25N3O2/c1-2-18-11-13(9-17-18)8-16-10-14-12-19-15(20-14)6-4-3-5-7-15/h9,11,14,16H,2-8,10,12H2,1H3/t14-/m0/s1. The molecule has 5 heteroatoms. The Kier molecular flexibility index (Phi) is 4.38. The molecule has 1 N–H and O–H groups in total. The van der Waals surface area contributed by atoms with E-state index in [1.165, 1.54) is 24.8 Å². The van der Waals surface area contributed by atoms with Crippen LogP contribution in [-0.4, -0.2) is 34.8 Å². The maximum Gasteiger partial charge on any atom is 0.168 e. The Labute approximate surface area is 120 Å². The van der Waals surface area contributed by atoms with Crippen molar-refractivity contribution in [2.24, 2.45) is 0 Å². The van der Waals surface area contributed by atoms with Crippen LogP contribution in [0.15, 0.2) is 12.4 Å². The lowest BCUT2D eigenvalue weighted by atomic mass is 9.94. The molecule has 1 spiro atoms. The molecule has 5 nitrogen and oxygen atoms in total. The fraction of sp³-hybridized carbons (Fsp3) is 0.800. The fourth-order valence-corrected chi connectivity index (χ4v) is 3.12. The van der Waals surface area contributed by atoms with Crippen LogP contribution in [0.25, 0.3) is 0 Å². The van der Waals surface area contributed by atoms with Crippen LogP contribution in [0.4, 0.5) is 0 Å². The SMILES string of the molecule is CCn1cc(CNC[C@H]2COC3(CCCCC3)O2)cn1. The van der Waals surface area contributed by atoms with Crippen LogP contribution < -0.4 is 5.32 Å². The van der Waals surface area contributed by atoms with Crippen molar-refractivity contribution in [2.45, 2.75) is 64.0 Å². The average Bonchev–Trinajstić information content (AvgIpc) is 3.08. The van der Waals surface area contributed by atoms with Gasteiger partial charge in [0.1, 0.15) is 0 Å². The van der Waals surface area contributed by atoms with Crippen LogP contribution in [0.3, 0.4) is 0 Å². The van der Waals surface area contributed by atoms with Crippen molar-refractivity contribution in [1.29, 1.82) is 0 Å². The third-order valence-electron chi connectivity index (χ3n) is 4.24. The highest BCUT2D eigenvalue weighted by atomic mass is 16.7. The molecule has 0 aromatic carbocycles. The van der Waals surface area contributed by atoms with E-state index in [4.69, 9.17) is 9.47 Å². The Balaban J connectivity index is 1.41. The van der Waals surface area contributed by atoms with E-state index in [2.05, 4.69) is 23.5 Å². The summed E-state index contributed by atoms with van der Waals surface area (Å²) in [4.78, 5) is 0. The highest BCUT2D eigenvalue weighted by Crippen LogP contribution is 2.37. The molecule has 3 rings (SSSR count). The smallest absolute Gasteiger partial charge is 0.168 e. The van der Waals surface area contributed by atoms with Crippen LogP contribution in [0, 0.1) is 0 Å². The number of aromatic nitrogens is 2. The summed E-state index contributed by atoms with van der Waals surface area (Å²) in [5.74, 6) is -0.252. The number of aryl methyl sites for hydroxylation is 1. The summed E-state index contributed by atoms with van der Waals surface area (Å²) >= 11 is 0. The van der Waals surface area contributed by atoms with Gasteiger partial charge in [-0.25, -0.2) is 0 Å². The molecular weight excluding hydrogens is 254 g/mol. The molecule has 0 bridgehead atoms. The van der Waals surface area contributed by atoms with Crippen molar-refractivity contribution in [3.63, 3.8) is 0 Å². The normalized spacial score (nSPS) is 25.4. The van der Waals surface area contributed by atoms with E-state index in [0.717, 1.165) is 39.1 Å². The average molecular weight is 279 g/mol. The molecule has 1 aliphatic carbocycles. The summed E-state index contributed by atoms with van der Waals surface area (Å²) in [7, 11) is 0. The van der Waals surface area contributed by atoms with Gasteiger partial charge in [-0.1, -0.05) is 6.42 Å². The maximum absolute atomic E-state index is 6.15. The number of nitrogens with zero attached hydrogens (tertiary/aromatic N) is 2. The molecule has 1 aromatic heterocycles. The van der Waals surface area contributed by atoms with E-state index in [1.807, 2.05) is 10.9 Å². The van der Waals surface area contributed by atoms with Gasteiger partial charge in [-0.05, 0) is 19.8 Å². The first-order chi connectivity index (χ1) is 9.80. The highest BCUT2D eigenvalue weighted by Gasteiger charge is 2.41. The van der Waals surface area contributed by atoms with Crippen LogP contribution in [-0.2, 0) is 22.6 Å². The molecule has 2 fully saturated rings. The summed E-state index contributed by atoms with van der Waals surface area (Å²) in [6.45, 7) is 5.42. The number of hydrogen-bond acceptors (Lipinski definition) is 4. The van der Waals surface area contributed by atoms with E-state index < -0.39 is 0 Å². The van der Waals surface area contributed by atoms with Gasteiger partial charge >= 0.3 is 0 Å². The number of nitrogens with one attached hydrogen (secondary N) is 1. The summed E-state index contributed by atoms with van der Waals surface area (Å²) in [6, 6.07) is 0. The Morgan fingerprint density at radius 2 is 2.25 bits per heavy atom. The molecule has 2 heterocycles. The zero-order chi connectivity index (χ0) is 13.8. The first kappa shape index (κ1) is 14.0. The zero-order valence-corrected chi connectivity index (χ0v) is 12.3. The van der Waals surface area contributed by atoms with E-state index >= 15 is 0 Å². The Bertz CT molecular complexity index is 427. The molecule has 0 radical (unpaired) electrons. The second-order valence-electron chi connectivity index (χ2n) is 5.86. The quantitative estimate of drug-likeness (QED) is 0.896. The summed E-state index contributed by atoms with van der Waals surface area (Å²) in [5, 5.41) is 7.72. The minimum atomic E-state index is -0.252. The van der Waals surface area contributed by atoms with Gasteiger partial charge in [0.15, 0.2) is 5.79 Å². The van der Waals surface area contributed by atoms with Crippen molar-refractivity contribution in [2.75, 3.05) is 13.2 Å². The number of hydrogen-bond donors (Lipinski definition) is 1. The lowest BCUT2D eigenvalue weighted by molar-refractivity contribution is -0.186. The predicted molar refractivity (Wildman–Crippen MR) is 76.2 cm³/mol. The van der Waals surface area contributed by atoms with Crippen molar-refractivity contribution >= 4 is 0 Å². The molecule has 1 saturated heterocycles. The Hall–Kier alpha value is -0.910.